The highest BCUT2D eigenvalue weighted by atomic mass is 35.5. The predicted molar refractivity (Wildman–Crippen MR) is 73.2 cm³/mol. The number of aromatic nitrogens is 2. The van der Waals surface area contributed by atoms with Gasteiger partial charge in [-0.3, -0.25) is 9.36 Å². The van der Waals surface area contributed by atoms with Gasteiger partial charge in [-0.2, -0.15) is 4.68 Å². The van der Waals surface area contributed by atoms with Gasteiger partial charge in [0.1, 0.15) is 0 Å². The van der Waals surface area contributed by atoms with E-state index in [9.17, 15) is 9.59 Å². The number of hydrogen-bond acceptors (Lipinski definition) is 3. The molecule has 0 aliphatic heterocycles. The van der Waals surface area contributed by atoms with Crippen LogP contribution in [0.3, 0.4) is 0 Å². The summed E-state index contributed by atoms with van der Waals surface area (Å²) in [5.41, 5.74) is -0.123. The van der Waals surface area contributed by atoms with Gasteiger partial charge in [0.25, 0.3) is 5.56 Å². The standard InChI is InChI=1S/C12H14ClN3O2/c1-4-15-10-7-8(13)5-6-9(10)11(17)16(12(15)18)14(2)3/h5-7H,4H2,1-3H3. The highest BCUT2D eigenvalue weighted by molar-refractivity contribution is 6.31. The molecule has 1 aromatic heterocycles. The third kappa shape index (κ3) is 1.80. The van der Waals surface area contributed by atoms with E-state index < -0.39 is 0 Å². The van der Waals surface area contributed by atoms with Crippen molar-refractivity contribution < 1.29 is 0 Å². The van der Waals surface area contributed by atoms with Crippen LogP contribution in [0, 0.1) is 0 Å². The Morgan fingerprint density at radius 1 is 1.28 bits per heavy atom. The van der Waals surface area contributed by atoms with E-state index in [4.69, 9.17) is 11.6 Å². The molecule has 18 heavy (non-hydrogen) atoms. The number of nitrogens with zero attached hydrogens (tertiary/aromatic N) is 3. The maximum absolute atomic E-state index is 12.2. The minimum absolute atomic E-state index is 0.332. The first-order valence-corrected chi connectivity index (χ1v) is 5.98. The first-order valence-electron chi connectivity index (χ1n) is 5.60. The van der Waals surface area contributed by atoms with Crippen LogP contribution in [0.5, 0.6) is 0 Å². The molecule has 0 saturated heterocycles. The van der Waals surface area contributed by atoms with Gasteiger partial charge in [0.2, 0.25) is 0 Å². The first kappa shape index (κ1) is 12.7. The Morgan fingerprint density at radius 2 is 1.94 bits per heavy atom. The van der Waals surface area contributed by atoms with Crippen molar-refractivity contribution in [3.8, 4) is 0 Å². The third-order valence-electron chi connectivity index (χ3n) is 2.80. The van der Waals surface area contributed by atoms with Crippen LogP contribution >= 0.6 is 11.6 Å². The molecule has 0 bridgehead atoms. The van der Waals surface area contributed by atoms with E-state index >= 15 is 0 Å². The minimum Gasteiger partial charge on any atom is -0.312 e. The van der Waals surface area contributed by atoms with Crippen molar-refractivity contribution in [3.05, 3.63) is 44.1 Å². The largest absolute Gasteiger partial charge is 0.350 e. The van der Waals surface area contributed by atoms with Gasteiger partial charge in [-0.15, -0.1) is 0 Å². The summed E-state index contributed by atoms with van der Waals surface area (Å²) in [6.45, 7) is 2.33. The summed E-state index contributed by atoms with van der Waals surface area (Å²) in [6, 6.07) is 4.94. The maximum atomic E-state index is 12.2. The van der Waals surface area contributed by atoms with Crippen molar-refractivity contribution in [2.75, 3.05) is 19.1 Å². The molecule has 1 aromatic carbocycles. The minimum atomic E-state index is -0.359. The number of fused-ring (bicyclic) bond motifs is 1. The Bertz CT molecular complexity index is 716. The van der Waals surface area contributed by atoms with Crippen LogP contribution in [-0.4, -0.2) is 23.3 Å². The Labute approximate surface area is 109 Å². The van der Waals surface area contributed by atoms with E-state index in [0.29, 0.717) is 22.5 Å². The number of rotatable bonds is 2. The van der Waals surface area contributed by atoms with E-state index in [1.54, 1.807) is 32.3 Å². The molecule has 6 heteroatoms. The Morgan fingerprint density at radius 3 is 2.50 bits per heavy atom. The summed E-state index contributed by atoms with van der Waals surface area (Å²) < 4.78 is 2.64. The van der Waals surface area contributed by atoms with Gasteiger partial charge >= 0.3 is 5.69 Å². The molecule has 0 N–H and O–H groups in total. The third-order valence-corrected chi connectivity index (χ3v) is 3.04. The fraction of sp³-hybridized carbons (Fsp3) is 0.333. The molecule has 0 aliphatic carbocycles. The summed E-state index contributed by atoms with van der Waals surface area (Å²) in [7, 11) is 3.31. The first-order chi connectivity index (χ1) is 8.47. The van der Waals surface area contributed by atoms with Crippen LogP contribution in [0.15, 0.2) is 27.8 Å². The zero-order valence-electron chi connectivity index (χ0n) is 10.5. The van der Waals surface area contributed by atoms with E-state index in [-0.39, 0.29) is 11.2 Å². The van der Waals surface area contributed by atoms with Gasteiger partial charge in [0.15, 0.2) is 0 Å². The molecule has 0 aliphatic rings. The van der Waals surface area contributed by atoms with Crippen LogP contribution < -0.4 is 16.3 Å². The normalized spacial score (nSPS) is 10.9. The lowest BCUT2D eigenvalue weighted by molar-refractivity contribution is 0.597. The van der Waals surface area contributed by atoms with E-state index in [1.165, 1.54) is 9.58 Å². The van der Waals surface area contributed by atoms with Crippen LogP contribution in [0.2, 0.25) is 5.02 Å². The zero-order valence-corrected chi connectivity index (χ0v) is 11.2. The summed E-state index contributed by atoms with van der Waals surface area (Å²) in [6.07, 6.45) is 0. The van der Waals surface area contributed by atoms with Crippen LogP contribution in [0.4, 0.5) is 0 Å². The fourth-order valence-electron chi connectivity index (χ4n) is 1.99. The average Bonchev–Trinajstić information content (AvgIpc) is 2.28. The van der Waals surface area contributed by atoms with Crippen molar-refractivity contribution in [2.24, 2.45) is 0 Å². The SMILES string of the molecule is CCn1c(=O)n(N(C)C)c(=O)c2ccc(Cl)cc21. The highest BCUT2D eigenvalue weighted by Gasteiger charge is 2.13. The van der Waals surface area contributed by atoms with E-state index in [2.05, 4.69) is 0 Å². The molecule has 0 amide bonds. The molecule has 0 spiro atoms. The van der Waals surface area contributed by atoms with Crippen LogP contribution in [0.25, 0.3) is 10.9 Å². The molecule has 0 saturated carbocycles. The lowest BCUT2D eigenvalue weighted by Crippen LogP contribution is -2.49. The molecule has 1 heterocycles. The van der Waals surface area contributed by atoms with Crippen molar-refractivity contribution in [1.82, 2.24) is 9.24 Å². The molecule has 96 valence electrons. The molecular weight excluding hydrogens is 254 g/mol. The number of halogens is 1. The van der Waals surface area contributed by atoms with Gasteiger partial charge in [0, 0.05) is 25.7 Å². The summed E-state index contributed by atoms with van der Waals surface area (Å²) in [5.74, 6) is 0. The summed E-state index contributed by atoms with van der Waals surface area (Å²) in [5, 5.41) is 2.46. The second kappa shape index (κ2) is 4.49. The lowest BCUT2D eigenvalue weighted by atomic mass is 10.2. The van der Waals surface area contributed by atoms with Gasteiger partial charge in [-0.25, -0.2) is 4.79 Å². The monoisotopic (exact) mass is 267 g/mol. The maximum Gasteiger partial charge on any atom is 0.350 e. The molecular formula is C12H14ClN3O2. The van der Waals surface area contributed by atoms with Crippen molar-refractivity contribution in [2.45, 2.75) is 13.5 Å². The fourth-order valence-corrected chi connectivity index (χ4v) is 2.15. The molecule has 0 unspecified atom stereocenters. The zero-order chi connectivity index (χ0) is 13.4. The Hall–Kier alpha value is -1.75. The Kier molecular flexibility index (Phi) is 3.17. The lowest BCUT2D eigenvalue weighted by Gasteiger charge is -2.18. The van der Waals surface area contributed by atoms with Crippen LogP contribution in [-0.2, 0) is 6.54 Å². The van der Waals surface area contributed by atoms with E-state index in [1.807, 2.05) is 6.92 Å². The molecule has 0 radical (unpaired) electrons. The smallest absolute Gasteiger partial charge is 0.312 e. The van der Waals surface area contributed by atoms with Crippen molar-refractivity contribution in [3.63, 3.8) is 0 Å². The Balaban J connectivity index is 3.06. The summed E-state index contributed by atoms with van der Waals surface area (Å²) in [4.78, 5) is 24.5. The average molecular weight is 268 g/mol. The molecule has 2 aromatic rings. The molecule has 2 rings (SSSR count). The number of aryl methyl sites for hydroxylation is 1. The second-order valence-electron chi connectivity index (χ2n) is 4.15. The highest BCUT2D eigenvalue weighted by Crippen LogP contribution is 2.15. The number of benzene rings is 1. The van der Waals surface area contributed by atoms with Crippen molar-refractivity contribution in [1.29, 1.82) is 0 Å². The van der Waals surface area contributed by atoms with Gasteiger partial charge in [0.05, 0.1) is 10.9 Å². The number of hydrogen-bond donors (Lipinski definition) is 0. The summed E-state index contributed by atoms with van der Waals surface area (Å²) >= 11 is 5.92. The quantitative estimate of drug-likeness (QED) is 0.817. The topological polar surface area (TPSA) is 47.2 Å². The molecule has 5 nitrogen and oxygen atoms in total. The van der Waals surface area contributed by atoms with Crippen molar-refractivity contribution >= 4 is 22.5 Å². The predicted octanol–water partition coefficient (Wildman–Crippen LogP) is 1.03. The second-order valence-corrected chi connectivity index (χ2v) is 4.59. The van der Waals surface area contributed by atoms with Gasteiger partial charge in [-0.05, 0) is 25.1 Å². The molecule has 0 fully saturated rings. The molecule has 0 atom stereocenters. The van der Waals surface area contributed by atoms with Crippen LogP contribution in [0.1, 0.15) is 6.92 Å². The van der Waals surface area contributed by atoms with Gasteiger partial charge < -0.3 is 5.01 Å². The van der Waals surface area contributed by atoms with Gasteiger partial charge in [-0.1, -0.05) is 11.6 Å². The van der Waals surface area contributed by atoms with E-state index in [0.717, 1.165) is 4.68 Å².